The molecule has 1 aromatic carbocycles. The fourth-order valence-corrected chi connectivity index (χ4v) is 3.92. The second kappa shape index (κ2) is 8.32. The Morgan fingerprint density at radius 2 is 1.93 bits per heavy atom. The van der Waals surface area contributed by atoms with Crippen LogP contribution in [0.4, 0.5) is 4.79 Å². The predicted octanol–water partition coefficient (Wildman–Crippen LogP) is 2.04. The van der Waals surface area contributed by atoms with E-state index in [0.717, 1.165) is 17.5 Å². The third-order valence-corrected chi connectivity index (χ3v) is 5.39. The Kier molecular flexibility index (Phi) is 6.04. The van der Waals surface area contributed by atoms with Crippen molar-refractivity contribution < 1.29 is 9.59 Å². The van der Waals surface area contributed by atoms with E-state index in [9.17, 15) is 14.4 Å². The largest absolute Gasteiger partial charge is 0.377 e. The van der Waals surface area contributed by atoms with Crippen LogP contribution in [0.3, 0.4) is 0 Å². The summed E-state index contributed by atoms with van der Waals surface area (Å²) >= 11 is 12.3. The Balaban J connectivity index is 1.91. The minimum Gasteiger partial charge on any atom is -0.341 e. The van der Waals surface area contributed by atoms with Crippen molar-refractivity contribution in [3.63, 3.8) is 0 Å². The Hall–Kier alpha value is -2.39. The number of para-hydroxylation sites is 1. The summed E-state index contributed by atoms with van der Waals surface area (Å²) in [5, 5.41) is 7.92. The molecule has 11 heteroatoms. The van der Waals surface area contributed by atoms with Gasteiger partial charge in [-0.15, -0.1) is 4.68 Å². The Labute approximate surface area is 171 Å². The fourth-order valence-electron chi connectivity index (χ4n) is 3.36. The normalized spacial score (nSPS) is 16.9. The number of likely N-dealkylation sites (tertiary alicyclic amines) is 1. The molecule has 1 unspecified atom stereocenters. The third kappa shape index (κ3) is 3.77. The van der Waals surface area contributed by atoms with E-state index in [-0.39, 0.29) is 27.7 Å². The topological polar surface area (TPSA) is 93.3 Å². The van der Waals surface area contributed by atoms with E-state index in [1.54, 1.807) is 23.1 Å². The highest BCUT2D eigenvalue weighted by molar-refractivity contribution is 6.37. The van der Waals surface area contributed by atoms with Crippen LogP contribution in [0.25, 0.3) is 5.69 Å². The molecule has 0 saturated carbocycles. The molecule has 0 radical (unpaired) electrons. The summed E-state index contributed by atoms with van der Waals surface area (Å²) < 4.78 is 1.59. The van der Waals surface area contributed by atoms with Gasteiger partial charge in [0.2, 0.25) is 5.91 Å². The zero-order valence-corrected chi connectivity index (χ0v) is 17.0. The lowest BCUT2D eigenvalue weighted by Crippen LogP contribution is -2.53. The van der Waals surface area contributed by atoms with Gasteiger partial charge in [-0.3, -0.25) is 4.79 Å². The highest BCUT2D eigenvalue weighted by atomic mass is 35.5. The molecular weight excluding hydrogens is 407 g/mol. The van der Waals surface area contributed by atoms with E-state index in [2.05, 4.69) is 10.4 Å². The molecule has 1 aliphatic rings. The molecule has 3 rings (SSSR count). The number of piperidine rings is 1. The lowest BCUT2D eigenvalue weighted by Gasteiger charge is -2.38. The van der Waals surface area contributed by atoms with Crippen LogP contribution in [0, 0.1) is 0 Å². The summed E-state index contributed by atoms with van der Waals surface area (Å²) in [6.45, 7) is 4.77. The van der Waals surface area contributed by atoms with Crippen LogP contribution in [0.2, 0.25) is 10.0 Å². The molecule has 150 valence electrons. The number of hydrogen-bond donors (Lipinski definition) is 0. The van der Waals surface area contributed by atoms with Gasteiger partial charge in [-0.25, -0.2) is 9.59 Å². The average molecular weight is 427 g/mol. The minimum atomic E-state index is -0.766. The van der Waals surface area contributed by atoms with Gasteiger partial charge in [-0.1, -0.05) is 29.3 Å². The van der Waals surface area contributed by atoms with Gasteiger partial charge in [0.05, 0.1) is 16.1 Å². The van der Waals surface area contributed by atoms with Crippen molar-refractivity contribution in [3.05, 3.63) is 38.7 Å². The van der Waals surface area contributed by atoms with Crippen LogP contribution in [0.1, 0.15) is 26.7 Å². The number of benzene rings is 1. The van der Waals surface area contributed by atoms with E-state index < -0.39 is 11.7 Å². The highest BCUT2D eigenvalue weighted by Crippen LogP contribution is 2.26. The average Bonchev–Trinajstić information content (AvgIpc) is 3.03. The summed E-state index contributed by atoms with van der Waals surface area (Å²) in [6.07, 6.45) is 1.52. The minimum absolute atomic E-state index is 0.0373. The smallest absolute Gasteiger partial charge is 0.341 e. The maximum Gasteiger partial charge on any atom is 0.377 e. The molecule has 1 fully saturated rings. The first kappa shape index (κ1) is 20.3. The Morgan fingerprint density at radius 1 is 1.25 bits per heavy atom. The number of carbonyl (C=O) groups excluding carboxylic acids is 2. The van der Waals surface area contributed by atoms with Gasteiger partial charge in [0.15, 0.2) is 0 Å². The third-order valence-electron chi connectivity index (χ3n) is 4.78. The lowest BCUT2D eigenvalue weighted by molar-refractivity contribution is -0.130. The standard InChI is InChI=1S/C17H20Cl2N6O3/c1-3-23(12-6-5-9-22(10-12)11(2)26)16(27)25-17(28)24(20-21-25)15-13(18)7-4-8-14(15)19/h4,7-8,12H,3,5-6,9-10H2,1-2H3. The van der Waals surface area contributed by atoms with E-state index in [4.69, 9.17) is 23.2 Å². The number of nitrogens with zero attached hydrogens (tertiary/aromatic N) is 6. The maximum atomic E-state index is 13.0. The summed E-state index contributed by atoms with van der Waals surface area (Å²) in [7, 11) is 0. The lowest BCUT2D eigenvalue weighted by atomic mass is 10.0. The molecule has 28 heavy (non-hydrogen) atoms. The number of hydrogen-bond acceptors (Lipinski definition) is 5. The maximum absolute atomic E-state index is 13.0. The first-order valence-corrected chi connectivity index (χ1v) is 9.66. The first-order chi connectivity index (χ1) is 13.3. The van der Waals surface area contributed by atoms with Gasteiger partial charge in [-0.05, 0) is 42.3 Å². The molecule has 2 heterocycles. The molecule has 1 atom stereocenters. The predicted molar refractivity (Wildman–Crippen MR) is 104 cm³/mol. The van der Waals surface area contributed by atoms with Gasteiger partial charge in [-0.2, -0.15) is 4.68 Å². The monoisotopic (exact) mass is 426 g/mol. The zero-order valence-electron chi connectivity index (χ0n) is 15.5. The number of carbonyl (C=O) groups is 2. The zero-order chi connectivity index (χ0) is 20.4. The molecule has 1 aliphatic heterocycles. The van der Waals surface area contributed by atoms with E-state index in [0.29, 0.717) is 24.3 Å². The molecule has 0 bridgehead atoms. The first-order valence-electron chi connectivity index (χ1n) is 8.91. The van der Waals surface area contributed by atoms with Crippen molar-refractivity contribution in [1.82, 2.24) is 29.6 Å². The molecular formula is C17H20Cl2N6O3. The van der Waals surface area contributed by atoms with Gasteiger partial charge in [0, 0.05) is 26.6 Å². The van der Waals surface area contributed by atoms with Crippen LogP contribution in [-0.2, 0) is 4.79 Å². The molecule has 0 N–H and O–H groups in total. The van der Waals surface area contributed by atoms with Crippen molar-refractivity contribution in [2.75, 3.05) is 19.6 Å². The molecule has 0 aliphatic carbocycles. The molecule has 9 nitrogen and oxygen atoms in total. The van der Waals surface area contributed by atoms with Gasteiger partial charge >= 0.3 is 11.7 Å². The Bertz CT molecular complexity index is 936. The van der Waals surface area contributed by atoms with Crippen molar-refractivity contribution in [1.29, 1.82) is 0 Å². The molecule has 1 aromatic heterocycles. The second-order valence-corrected chi connectivity index (χ2v) is 7.30. The molecule has 0 spiro atoms. The molecule has 1 saturated heterocycles. The summed E-state index contributed by atoms with van der Waals surface area (Å²) in [4.78, 5) is 40.7. The number of aromatic nitrogens is 4. The van der Waals surface area contributed by atoms with Crippen molar-refractivity contribution in [2.45, 2.75) is 32.7 Å². The van der Waals surface area contributed by atoms with Crippen LogP contribution in [0.15, 0.2) is 23.0 Å². The second-order valence-electron chi connectivity index (χ2n) is 6.49. The van der Waals surface area contributed by atoms with E-state index in [1.807, 2.05) is 6.92 Å². The summed E-state index contributed by atoms with van der Waals surface area (Å²) in [6, 6.07) is 3.96. The van der Waals surface area contributed by atoms with Crippen molar-refractivity contribution in [3.8, 4) is 5.69 Å². The Morgan fingerprint density at radius 3 is 2.54 bits per heavy atom. The van der Waals surface area contributed by atoms with Gasteiger partial charge in [0.1, 0.15) is 5.69 Å². The summed E-state index contributed by atoms with van der Waals surface area (Å²) in [5.74, 6) is -0.0373. The van der Waals surface area contributed by atoms with Gasteiger partial charge in [0.25, 0.3) is 0 Å². The van der Waals surface area contributed by atoms with Gasteiger partial charge < -0.3 is 9.80 Å². The number of rotatable bonds is 3. The van der Waals surface area contributed by atoms with Crippen LogP contribution in [-0.4, -0.2) is 67.2 Å². The fraction of sp³-hybridized carbons (Fsp3) is 0.471. The number of tetrazole rings is 1. The van der Waals surface area contributed by atoms with Crippen LogP contribution < -0.4 is 5.69 Å². The van der Waals surface area contributed by atoms with Crippen molar-refractivity contribution >= 4 is 35.1 Å². The van der Waals surface area contributed by atoms with Crippen LogP contribution >= 0.6 is 23.2 Å². The summed E-state index contributed by atoms with van der Waals surface area (Å²) in [5.41, 5.74) is -0.601. The number of amides is 2. The molecule has 2 aromatic rings. The highest BCUT2D eigenvalue weighted by Gasteiger charge is 2.31. The SMILES string of the molecule is CCN(C(=O)n1nnn(-c2c(Cl)cccc2Cl)c1=O)C1CCCN(C(C)=O)C1. The number of likely N-dealkylation sites (N-methyl/N-ethyl adjacent to an activating group) is 1. The van der Waals surface area contributed by atoms with E-state index in [1.165, 1.54) is 11.8 Å². The molecule has 2 amide bonds. The van der Waals surface area contributed by atoms with Crippen LogP contribution in [0.5, 0.6) is 0 Å². The van der Waals surface area contributed by atoms with Crippen molar-refractivity contribution in [2.24, 2.45) is 0 Å². The van der Waals surface area contributed by atoms with E-state index >= 15 is 0 Å². The number of halogens is 2. The quantitative estimate of drug-likeness (QED) is 0.699.